The van der Waals surface area contributed by atoms with E-state index in [2.05, 4.69) is 31.0 Å². The third-order valence-electron chi connectivity index (χ3n) is 4.65. The molecular weight excluding hydrogens is 349 g/mol. The molecule has 0 radical (unpaired) electrons. The second-order valence-corrected chi connectivity index (χ2v) is 6.74. The number of pyridine rings is 1. The zero-order valence-electron chi connectivity index (χ0n) is 14.5. The van der Waals surface area contributed by atoms with Crippen LogP contribution >= 0.6 is 11.6 Å². The Bertz CT molecular complexity index is 1120. The molecule has 0 saturated carbocycles. The van der Waals surface area contributed by atoms with E-state index in [-0.39, 0.29) is 5.82 Å². The van der Waals surface area contributed by atoms with Gasteiger partial charge in [-0.15, -0.1) is 0 Å². The van der Waals surface area contributed by atoms with Gasteiger partial charge < -0.3 is 4.57 Å². The van der Waals surface area contributed by atoms with Gasteiger partial charge in [0, 0.05) is 11.8 Å². The summed E-state index contributed by atoms with van der Waals surface area (Å²) < 4.78 is 16.3. The van der Waals surface area contributed by atoms with Crippen LogP contribution in [0.5, 0.6) is 0 Å². The van der Waals surface area contributed by atoms with E-state index in [1.165, 1.54) is 6.07 Å². The number of rotatable bonds is 3. The Balaban J connectivity index is 1.99. The molecule has 0 amide bonds. The average molecular weight is 366 g/mol. The number of halogens is 2. The Morgan fingerprint density at radius 2 is 1.81 bits per heavy atom. The highest BCUT2D eigenvalue weighted by Gasteiger charge is 2.17. The van der Waals surface area contributed by atoms with Gasteiger partial charge in [-0.3, -0.25) is 0 Å². The van der Waals surface area contributed by atoms with Crippen LogP contribution in [0.4, 0.5) is 4.39 Å². The Kier molecular flexibility index (Phi) is 4.21. The Morgan fingerprint density at radius 3 is 2.58 bits per heavy atom. The van der Waals surface area contributed by atoms with Crippen molar-refractivity contribution in [3.63, 3.8) is 0 Å². The van der Waals surface area contributed by atoms with E-state index in [9.17, 15) is 4.39 Å². The second kappa shape index (κ2) is 6.54. The largest absolute Gasteiger partial charge is 0.319 e. The summed E-state index contributed by atoms with van der Waals surface area (Å²) in [5.74, 6) is 0.452. The summed E-state index contributed by atoms with van der Waals surface area (Å²) in [5.41, 5.74) is 5.47. The van der Waals surface area contributed by atoms with E-state index < -0.39 is 0 Å². The Morgan fingerprint density at radius 1 is 1.04 bits per heavy atom. The average Bonchev–Trinajstić information content (AvgIpc) is 2.95. The van der Waals surface area contributed by atoms with E-state index in [1.807, 2.05) is 22.8 Å². The molecule has 0 N–H and O–H groups in total. The molecule has 0 fully saturated rings. The molecule has 4 aromatic rings. The van der Waals surface area contributed by atoms with Crippen LogP contribution in [0.1, 0.15) is 16.7 Å². The van der Waals surface area contributed by atoms with Gasteiger partial charge in [0.05, 0.1) is 23.1 Å². The van der Waals surface area contributed by atoms with E-state index in [1.54, 1.807) is 18.3 Å². The van der Waals surface area contributed by atoms with Crippen LogP contribution in [0.25, 0.3) is 22.4 Å². The number of benzene rings is 2. The molecule has 0 spiro atoms. The molecule has 2 heterocycles. The van der Waals surface area contributed by atoms with Crippen molar-refractivity contribution in [2.45, 2.75) is 20.4 Å². The van der Waals surface area contributed by atoms with Crippen molar-refractivity contribution in [1.82, 2.24) is 14.5 Å². The Labute approximate surface area is 156 Å². The summed E-state index contributed by atoms with van der Waals surface area (Å²) in [6.07, 6.45) is 1.64. The van der Waals surface area contributed by atoms with Crippen molar-refractivity contribution < 1.29 is 4.39 Å². The minimum absolute atomic E-state index is 0.235. The summed E-state index contributed by atoms with van der Waals surface area (Å²) >= 11 is 6.32. The quantitative estimate of drug-likeness (QED) is 0.445. The van der Waals surface area contributed by atoms with Gasteiger partial charge in [0.25, 0.3) is 0 Å². The maximum Gasteiger partial charge on any atom is 0.144 e. The zero-order chi connectivity index (χ0) is 18.3. The van der Waals surface area contributed by atoms with Crippen molar-refractivity contribution in [2.24, 2.45) is 0 Å². The lowest BCUT2D eigenvalue weighted by Crippen LogP contribution is -2.04. The molecule has 4 rings (SSSR count). The van der Waals surface area contributed by atoms with Gasteiger partial charge in [-0.2, -0.15) is 0 Å². The number of imidazole rings is 1. The topological polar surface area (TPSA) is 30.7 Å². The van der Waals surface area contributed by atoms with Gasteiger partial charge in [0.1, 0.15) is 16.8 Å². The number of hydrogen-bond acceptors (Lipinski definition) is 2. The predicted molar refractivity (Wildman–Crippen MR) is 103 cm³/mol. The minimum atomic E-state index is -0.235. The highest BCUT2D eigenvalue weighted by molar-refractivity contribution is 6.32. The zero-order valence-corrected chi connectivity index (χ0v) is 15.3. The molecule has 0 atom stereocenters. The molecule has 3 nitrogen and oxygen atoms in total. The third-order valence-corrected chi connectivity index (χ3v) is 4.95. The molecular formula is C21H17ClFN3. The number of nitrogens with zero attached hydrogens (tertiary/aromatic N) is 3. The van der Waals surface area contributed by atoms with Crippen LogP contribution in [0.2, 0.25) is 5.15 Å². The molecule has 130 valence electrons. The molecule has 5 heteroatoms. The lowest BCUT2D eigenvalue weighted by Gasteiger charge is -2.11. The van der Waals surface area contributed by atoms with Crippen LogP contribution < -0.4 is 0 Å². The normalized spacial score (nSPS) is 11.2. The van der Waals surface area contributed by atoms with Crippen LogP contribution in [0.3, 0.4) is 0 Å². The second-order valence-electron chi connectivity index (χ2n) is 6.38. The maximum atomic E-state index is 14.3. The fourth-order valence-electron chi connectivity index (χ4n) is 3.10. The van der Waals surface area contributed by atoms with Crippen molar-refractivity contribution >= 4 is 22.6 Å². The lowest BCUT2D eigenvalue weighted by atomic mass is 10.1. The predicted octanol–water partition coefficient (Wildman–Crippen LogP) is 5.56. The van der Waals surface area contributed by atoms with Crippen molar-refractivity contribution in [2.75, 3.05) is 0 Å². The summed E-state index contributed by atoms with van der Waals surface area (Å²) in [7, 11) is 0. The van der Waals surface area contributed by atoms with Crippen molar-refractivity contribution in [3.8, 4) is 11.4 Å². The lowest BCUT2D eigenvalue weighted by molar-refractivity contribution is 0.602. The molecule has 2 aromatic carbocycles. The molecule has 26 heavy (non-hydrogen) atoms. The van der Waals surface area contributed by atoms with Crippen LogP contribution in [-0.4, -0.2) is 14.5 Å². The first kappa shape index (κ1) is 16.7. The third kappa shape index (κ3) is 2.86. The minimum Gasteiger partial charge on any atom is -0.319 e. The fourth-order valence-corrected chi connectivity index (χ4v) is 3.30. The van der Waals surface area contributed by atoms with E-state index in [0.29, 0.717) is 23.1 Å². The van der Waals surface area contributed by atoms with Gasteiger partial charge in [-0.05, 0) is 55.3 Å². The summed E-state index contributed by atoms with van der Waals surface area (Å²) in [5, 5.41) is 0.381. The van der Waals surface area contributed by atoms with Gasteiger partial charge in [0.2, 0.25) is 0 Å². The van der Waals surface area contributed by atoms with Gasteiger partial charge in [-0.1, -0.05) is 29.8 Å². The molecule has 2 aromatic heterocycles. The standard InChI is InChI=1S/C21H17ClFN3/c1-13-10-18-19(11-14(13)2)26(12-15-6-3-4-8-17(15)23)21(25-18)16-7-5-9-24-20(16)22/h3-11H,12H2,1-2H3. The van der Waals surface area contributed by atoms with Gasteiger partial charge in [0.15, 0.2) is 0 Å². The molecule has 0 aliphatic heterocycles. The van der Waals surface area contributed by atoms with E-state index >= 15 is 0 Å². The van der Waals surface area contributed by atoms with Crippen molar-refractivity contribution in [3.05, 3.63) is 82.4 Å². The van der Waals surface area contributed by atoms with Crippen LogP contribution in [0.15, 0.2) is 54.7 Å². The maximum absolute atomic E-state index is 14.3. The first-order chi connectivity index (χ1) is 12.5. The van der Waals surface area contributed by atoms with Crippen molar-refractivity contribution in [1.29, 1.82) is 0 Å². The first-order valence-electron chi connectivity index (χ1n) is 8.36. The number of fused-ring (bicyclic) bond motifs is 1. The summed E-state index contributed by atoms with van der Waals surface area (Å²) in [4.78, 5) is 8.95. The van der Waals surface area contributed by atoms with Crippen LogP contribution in [-0.2, 0) is 6.54 Å². The molecule has 0 bridgehead atoms. The fraction of sp³-hybridized carbons (Fsp3) is 0.143. The smallest absolute Gasteiger partial charge is 0.144 e. The molecule has 0 aliphatic carbocycles. The van der Waals surface area contributed by atoms with E-state index in [0.717, 1.165) is 27.7 Å². The highest BCUT2D eigenvalue weighted by Crippen LogP contribution is 2.31. The summed E-state index contributed by atoms with van der Waals surface area (Å²) in [6, 6.07) is 14.6. The number of aromatic nitrogens is 3. The number of aryl methyl sites for hydroxylation is 2. The van der Waals surface area contributed by atoms with Gasteiger partial charge in [-0.25, -0.2) is 14.4 Å². The first-order valence-corrected chi connectivity index (χ1v) is 8.74. The molecule has 0 saturated heterocycles. The summed E-state index contributed by atoms with van der Waals surface area (Å²) in [6.45, 7) is 4.49. The Hall–Kier alpha value is -2.72. The molecule has 0 aliphatic rings. The SMILES string of the molecule is Cc1cc2nc(-c3cccnc3Cl)n(Cc3ccccc3F)c2cc1C. The number of hydrogen-bond donors (Lipinski definition) is 0. The highest BCUT2D eigenvalue weighted by atomic mass is 35.5. The van der Waals surface area contributed by atoms with Gasteiger partial charge >= 0.3 is 0 Å². The van der Waals surface area contributed by atoms with E-state index in [4.69, 9.17) is 16.6 Å². The molecule has 0 unspecified atom stereocenters. The van der Waals surface area contributed by atoms with Crippen LogP contribution in [0, 0.1) is 19.7 Å². The monoisotopic (exact) mass is 365 g/mol.